The maximum absolute atomic E-state index is 12.6. The molecule has 1 heterocycles. The largest absolute Gasteiger partial charge is 0.351 e. The summed E-state index contributed by atoms with van der Waals surface area (Å²) < 4.78 is 0. The Hall–Kier alpha value is -2.69. The van der Waals surface area contributed by atoms with Crippen LogP contribution in [0.2, 0.25) is 0 Å². The lowest BCUT2D eigenvalue weighted by atomic mass is 9.89. The van der Waals surface area contributed by atoms with Crippen LogP contribution in [-0.4, -0.2) is 28.9 Å². The first-order valence-electron chi connectivity index (χ1n) is 9.68. The van der Waals surface area contributed by atoms with Crippen molar-refractivity contribution in [2.75, 3.05) is 0 Å². The van der Waals surface area contributed by atoms with Crippen LogP contribution in [0.5, 0.6) is 0 Å². The van der Waals surface area contributed by atoms with E-state index in [1.165, 1.54) is 0 Å². The molecule has 3 rings (SSSR count). The molecule has 1 unspecified atom stereocenters. The van der Waals surface area contributed by atoms with Gasteiger partial charge in [0.05, 0.1) is 0 Å². The molecule has 1 aromatic carbocycles. The van der Waals surface area contributed by atoms with Gasteiger partial charge in [-0.3, -0.25) is 14.6 Å². The molecule has 0 saturated heterocycles. The highest BCUT2D eigenvalue weighted by Crippen LogP contribution is 2.21. The monoisotopic (exact) mass is 365 g/mol. The molecular weight excluding hydrogens is 338 g/mol. The van der Waals surface area contributed by atoms with Crippen LogP contribution in [0.15, 0.2) is 54.9 Å². The molecule has 3 atom stereocenters. The van der Waals surface area contributed by atoms with Crippen LogP contribution < -0.4 is 10.6 Å². The lowest BCUT2D eigenvalue weighted by Crippen LogP contribution is -2.53. The fourth-order valence-electron chi connectivity index (χ4n) is 3.65. The van der Waals surface area contributed by atoms with Crippen molar-refractivity contribution in [2.45, 2.75) is 57.0 Å². The van der Waals surface area contributed by atoms with E-state index in [0.29, 0.717) is 12.0 Å². The van der Waals surface area contributed by atoms with Crippen LogP contribution in [0.25, 0.3) is 0 Å². The van der Waals surface area contributed by atoms with Crippen LogP contribution in [0.1, 0.15) is 60.9 Å². The summed E-state index contributed by atoms with van der Waals surface area (Å²) in [5.41, 5.74) is 1.71. The Labute approximate surface area is 160 Å². The van der Waals surface area contributed by atoms with E-state index in [-0.39, 0.29) is 29.8 Å². The summed E-state index contributed by atoms with van der Waals surface area (Å²) >= 11 is 0. The van der Waals surface area contributed by atoms with Crippen LogP contribution in [-0.2, 0) is 4.79 Å². The van der Waals surface area contributed by atoms with Crippen LogP contribution in [0.3, 0.4) is 0 Å². The molecule has 142 valence electrons. The van der Waals surface area contributed by atoms with Crippen molar-refractivity contribution in [3.8, 4) is 0 Å². The number of nitrogens with zero attached hydrogens (tertiary/aromatic N) is 1. The fraction of sp³-hybridized carbons (Fsp3) is 0.409. The quantitative estimate of drug-likeness (QED) is 0.824. The number of aromatic nitrogens is 1. The Bertz CT molecular complexity index is 749. The van der Waals surface area contributed by atoms with Crippen LogP contribution in [0, 0.1) is 0 Å². The summed E-state index contributed by atoms with van der Waals surface area (Å²) in [6.07, 6.45) is 7.88. The molecule has 1 fully saturated rings. The van der Waals surface area contributed by atoms with Gasteiger partial charge in [-0.2, -0.15) is 0 Å². The number of pyridine rings is 1. The Balaban J connectivity index is 1.57. The third-order valence-electron chi connectivity index (χ3n) is 5.21. The number of carbonyl (C=O) groups excluding carboxylic acids is 2. The number of nitrogens with one attached hydrogen (secondary N) is 2. The van der Waals surface area contributed by atoms with Crippen molar-refractivity contribution >= 4 is 11.8 Å². The summed E-state index contributed by atoms with van der Waals surface area (Å²) in [4.78, 5) is 29.2. The Morgan fingerprint density at radius 2 is 1.74 bits per heavy atom. The van der Waals surface area contributed by atoms with Gasteiger partial charge in [-0.15, -0.1) is 0 Å². The minimum absolute atomic E-state index is 0.0139. The average molecular weight is 365 g/mol. The Kier molecular flexibility index (Phi) is 6.58. The summed E-state index contributed by atoms with van der Waals surface area (Å²) in [5, 5.41) is 6.26. The first kappa shape index (κ1) is 19.1. The molecule has 1 aliphatic rings. The van der Waals surface area contributed by atoms with Gasteiger partial charge in [0.25, 0.3) is 5.91 Å². The number of hydrogen-bond donors (Lipinski definition) is 2. The smallest absolute Gasteiger partial charge is 0.251 e. The molecule has 0 radical (unpaired) electrons. The second-order valence-corrected chi connectivity index (χ2v) is 7.30. The molecule has 1 aromatic heterocycles. The molecule has 2 aromatic rings. The predicted octanol–water partition coefficient (Wildman–Crippen LogP) is 3.43. The highest BCUT2D eigenvalue weighted by atomic mass is 16.2. The fourth-order valence-corrected chi connectivity index (χ4v) is 3.65. The minimum atomic E-state index is -0.0783. The third-order valence-corrected chi connectivity index (χ3v) is 5.21. The van der Waals surface area contributed by atoms with Gasteiger partial charge < -0.3 is 10.6 Å². The molecule has 27 heavy (non-hydrogen) atoms. The van der Waals surface area contributed by atoms with Crippen molar-refractivity contribution in [2.24, 2.45) is 0 Å². The maximum Gasteiger partial charge on any atom is 0.251 e. The molecule has 5 heteroatoms. The molecule has 2 amide bonds. The maximum atomic E-state index is 12.6. The van der Waals surface area contributed by atoms with Crippen molar-refractivity contribution in [1.29, 1.82) is 0 Å². The highest BCUT2D eigenvalue weighted by Gasteiger charge is 2.28. The zero-order chi connectivity index (χ0) is 19.1. The van der Waals surface area contributed by atoms with E-state index < -0.39 is 0 Å². The highest BCUT2D eigenvalue weighted by molar-refractivity contribution is 5.94. The van der Waals surface area contributed by atoms with E-state index in [1.807, 2.05) is 37.3 Å². The zero-order valence-electron chi connectivity index (χ0n) is 15.7. The van der Waals surface area contributed by atoms with E-state index in [2.05, 4.69) is 15.6 Å². The van der Waals surface area contributed by atoms with Crippen molar-refractivity contribution < 1.29 is 9.59 Å². The normalized spacial score (nSPS) is 20.5. The second kappa shape index (κ2) is 9.31. The number of rotatable bonds is 6. The first-order valence-corrected chi connectivity index (χ1v) is 9.68. The van der Waals surface area contributed by atoms with Gasteiger partial charge in [0.1, 0.15) is 0 Å². The van der Waals surface area contributed by atoms with Crippen molar-refractivity contribution in [1.82, 2.24) is 15.6 Å². The van der Waals surface area contributed by atoms with Crippen molar-refractivity contribution in [3.63, 3.8) is 0 Å². The van der Waals surface area contributed by atoms with E-state index in [4.69, 9.17) is 0 Å². The van der Waals surface area contributed by atoms with E-state index >= 15 is 0 Å². The molecule has 2 N–H and O–H groups in total. The van der Waals surface area contributed by atoms with E-state index in [9.17, 15) is 9.59 Å². The average Bonchev–Trinajstić information content (AvgIpc) is 2.70. The van der Waals surface area contributed by atoms with Gasteiger partial charge in [-0.05, 0) is 42.5 Å². The molecule has 0 aliphatic heterocycles. The molecule has 1 saturated carbocycles. The van der Waals surface area contributed by atoms with Gasteiger partial charge >= 0.3 is 0 Å². The van der Waals surface area contributed by atoms with Crippen LogP contribution >= 0.6 is 0 Å². The Morgan fingerprint density at radius 1 is 1.04 bits per heavy atom. The summed E-state index contributed by atoms with van der Waals surface area (Å²) in [6, 6.07) is 13.1. The summed E-state index contributed by atoms with van der Waals surface area (Å²) in [6.45, 7) is 2.03. The van der Waals surface area contributed by atoms with Crippen molar-refractivity contribution in [3.05, 3.63) is 66.0 Å². The third kappa shape index (κ3) is 5.39. The number of benzene rings is 1. The van der Waals surface area contributed by atoms with Crippen LogP contribution in [0.4, 0.5) is 0 Å². The standard InChI is InChI=1S/C22H27N3O2/c1-16(18-10-7-13-23-15-18)14-21(26)24-19-11-5-6-12-20(19)25-22(27)17-8-3-2-4-9-17/h2-4,7-10,13,15-16,19-20H,5-6,11-12,14H2,1H3,(H,24,26)(H,25,27)/t16?,19-,20-/m1/s1. The van der Waals surface area contributed by atoms with E-state index in [1.54, 1.807) is 24.5 Å². The molecule has 0 spiro atoms. The number of hydrogen-bond acceptors (Lipinski definition) is 3. The zero-order valence-corrected chi connectivity index (χ0v) is 15.7. The SMILES string of the molecule is CC(CC(=O)N[C@@H]1CCCC[C@H]1NC(=O)c1ccccc1)c1cccnc1. The minimum Gasteiger partial charge on any atom is -0.351 e. The first-order chi connectivity index (χ1) is 13.1. The lowest BCUT2D eigenvalue weighted by Gasteiger charge is -2.33. The topological polar surface area (TPSA) is 71.1 Å². The molecule has 5 nitrogen and oxygen atoms in total. The van der Waals surface area contributed by atoms with Gasteiger partial charge in [0, 0.05) is 36.5 Å². The molecular formula is C22H27N3O2. The Morgan fingerprint density at radius 3 is 2.41 bits per heavy atom. The van der Waals surface area contributed by atoms with Gasteiger partial charge in [0.2, 0.25) is 5.91 Å². The van der Waals surface area contributed by atoms with Gasteiger partial charge in [-0.1, -0.05) is 44.0 Å². The summed E-state index contributed by atoms with van der Waals surface area (Å²) in [7, 11) is 0. The number of carbonyl (C=O) groups is 2. The lowest BCUT2D eigenvalue weighted by molar-refractivity contribution is -0.122. The summed E-state index contributed by atoms with van der Waals surface area (Å²) in [5.74, 6) is 0.0577. The van der Waals surface area contributed by atoms with Gasteiger partial charge in [-0.25, -0.2) is 0 Å². The van der Waals surface area contributed by atoms with Gasteiger partial charge in [0.15, 0.2) is 0 Å². The second-order valence-electron chi connectivity index (χ2n) is 7.30. The molecule has 0 bridgehead atoms. The molecule has 1 aliphatic carbocycles. The van der Waals surface area contributed by atoms with E-state index in [0.717, 1.165) is 31.2 Å². The number of amides is 2. The predicted molar refractivity (Wildman–Crippen MR) is 105 cm³/mol.